The summed E-state index contributed by atoms with van der Waals surface area (Å²) in [4.78, 5) is 11.6. The van der Waals surface area contributed by atoms with Gasteiger partial charge in [-0.3, -0.25) is 4.79 Å². The molecule has 1 aliphatic rings. The summed E-state index contributed by atoms with van der Waals surface area (Å²) >= 11 is 0. The maximum atomic E-state index is 14.1. The molecule has 0 aromatic heterocycles. The van der Waals surface area contributed by atoms with Crippen LogP contribution < -0.4 is 11.1 Å². The highest BCUT2D eigenvalue weighted by Crippen LogP contribution is 2.29. The minimum atomic E-state index is -4.21. The molecule has 2 aromatic carbocycles. The average Bonchev–Trinajstić information content (AvgIpc) is 2.58. The standard InChI is InChI=1S/C17H15F4N3O3S/c18-12-2-1-9(5-15(12)28(26,27)24-4-3-11(24)8-22)17(25)23-10-6-13(19)16(21)14(20)7-10/h1-2,5-7,11H,3-4,8,22H2,(H,23,25). The van der Waals surface area contributed by atoms with Crippen LogP contribution in [0.1, 0.15) is 16.8 Å². The van der Waals surface area contributed by atoms with Gasteiger partial charge in [-0.1, -0.05) is 0 Å². The number of nitrogens with two attached hydrogens (primary N) is 1. The summed E-state index contributed by atoms with van der Waals surface area (Å²) in [6.07, 6.45) is 0.541. The van der Waals surface area contributed by atoms with E-state index in [0.717, 1.165) is 22.5 Å². The molecule has 1 fully saturated rings. The third kappa shape index (κ3) is 3.60. The van der Waals surface area contributed by atoms with E-state index in [4.69, 9.17) is 5.73 Å². The van der Waals surface area contributed by atoms with Crippen LogP contribution in [0.2, 0.25) is 0 Å². The number of halogens is 4. The van der Waals surface area contributed by atoms with Gasteiger partial charge < -0.3 is 11.1 Å². The lowest BCUT2D eigenvalue weighted by atomic mass is 10.1. The van der Waals surface area contributed by atoms with E-state index in [0.29, 0.717) is 18.6 Å². The van der Waals surface area contributed by atoms with Gasteiger partial charge in [0, 0.05) is 42.5 Å². The number of carbonyl (C=O) groups excluding carboxylic acids is 1. The molecule has 2 aromatic rings. The van der Waals surface area contributed by atoms with Crippen LogP contribution in [0, 0.1) is 23.3 Å². The SMILES string of the molecule is NCC1CCN1S(=O)(=O)c1cc(C(=O)Nc2cc(F)c(F)c(F)c2)ccc1F. The van der Waals surface area contributed by atoms with Crippen molar-refractivity contribution in [1.29, 1.82) is 0 Å². The quantitative estimate of drug-likeness (QED) is 0.576. The normalized spacial score (nSPS) is 17.2. The van der Waals surface area contributed by atoms with Gasteiger partial charge in [0.1, 0.15) is 10.7 Å². The highest BCUT2D eigenvalue weighted by Gasteiger charge is 2.39. The Morgan fingerprint density at radius 2 is 1.75 bits per heavy atom. The fraction of sp³-hybridized carbons (Fsp3) is 0.235. The van der Waals surface area contributed by atoms with E-state index in [1.165, 1.54) is 0 Å². The maximum Gasteiger partial charge on any atom is 0.255 e. The Morgan fingerprint density at radius 3 is 2.29 bits per heavy atom. The second-order valence-corrected chi connectivity index (χ2v) is 8.01. The monoisotopic (exact) mass is 417 g/mol. The predicted molar refractivity (Wildman–Crippen MR) is 92.0 cm³/mol. The summed E-state index contributed by atoms with van der Waals surface area (Å²) in [5.74, 6) is -6.73. The molecule has 0 bridgehead atoms. The van der Waals surface area contributed by atoms with Crippen molar-refractivity contribution in [3.8, 4) is 0 Å². The molecule has 1 heterocycles. The van der Waals surface area contributed by atoms with Crippen molar-refractivity contribution >= 4 is 21.6 Å². The molecule has 0 aliphatic carbocycles. The first kappa shape index (κ1) is 20.2. The second kappa shape index (κ2) is 7.49. The molecule has 3 rings (SSSR count). The lowest BCUT2D eigenvalue weighted by Gasteiger charge is -2.38. The molecular formula is C17H15F4N3O3S. The van der Waals surface area contributed by atoms with E-state index in [1.807, 2.05) is 0 Å². The zero-order valence-electron chi connectivity index (χ0n) is 14.3. The van der Waals surface area contributed by atoms with Crippen LogP contribution in [-0.4, -0.2) is 37.8 Å². The molecule has 3 N–H and O–H groups in total. The van der Waals surface area contributed by atoms with Crippen molar-refractivity contribution in [2.24, 2.45) is 5.73 Å². The Bertz CT molecular complexity index is 1020. The third-order valence-electron chi connectivity index (χ3n) is 4.38. The Kier molecular flexibility index (Phi) is 5.41. The molecule has 1 aliphatic heterocycles. The van der Waals surface area contributed by atoms with Gasteiger partial charge in [0.25, 0.3) is 5.91 Å². The molecular weight excluding hydrogens is 402 g/mol. The van der Waals surface area contributed by atoms with E-state index in [-0.39, 0.29) is 24.3 Å². The number of carbonyl (C=O) groups is 1. The maximum absolute atomic E-state index is 14.1. The minimum absolute atomic E-state index is 0.0721. The van der Waals surface area contributed by atoms with Crippen LogP contribution in [0.3, 0.4) is 0 Å². The molecule has 0 saturated carbocycles. The van der Waals surface area contributed by atoms with Gasteiger partial charge in [0.15, 0.2) is 17.5 Å². The van der Waals surface area contributed by atoms with Crippen LogP contribution in [0.15, 0.2) is 35.2 Å². The highest BCUT2D eigenvalue weighted by atomic mass is 32.2. The highest BCUT2D eigenvalue weighted by molar-refractivity contribution is 7.89. The Balaban J connectivity index is 1.90. The second-order valence-electron chi connectivity index (χ2n) is 6.15. The van der Waals surface area contributed by atoms with E-state index < -0.39 is 50.1 Å². The molecule has 28 heavy (non-hydrogen) atoms. The van der Waals surface area contributed by atoms with Crippen molar-refractivity contribution in [3.63, 3.8) is 0 Å². The molecule has 6 nitrogen and oxygen atoms in total. The number of nitrogens with one attached hydrogen (secondary N) is 1. The first-order valence-electron chi connectivity index (χ1n) is 8.12. The van der Waals surface area contributed by atoms with E-state index in [9.17, 15) is 30.8 Å². The summed E-state index contributed by atoms with van der Waals surface area (Å²) in [6, 6.07) is 3.29. The van der Waals surface area contributed by atoms with Gasteiger partial charge in [-0.15, -0.1) is 0 Å². The number of amides is 1. The van der Waals surface area contributed by atoms with Gasteiger partial charge in [-0.2, -0.15) is 4.31 Å². The number of benzene rings is 2. The summed E-state index contributed by atoms with van der Waals surface area (Å²) in [5, 5.41) is 2.11. The van der Waals surface area contributed by atoms with E-state index >= 15 is 0 Å². The van der Waals surface area contributed by atoms with Crippen molar-refractivity contribution in [3.05, 3.63) is 59.2 Å². The molecule has 11 heteroatoms. The smallest absolute Gasteiger partial charge is 0.255 e. The Morgan fingerprint density at radius 1 is 1.11 bits per heavy atom. The summed E-state index contributed by atoms with van der Waals surface area (Å²) < 4.78 is 79.9. The van der Waals surface area contributed by atoms with Crippen LogP contribution in [0.5, 0.6) is 0 Å². The van der Waals surface area contributed by atoms with Crippen LogP contribution >= 0.6 is 0 Å². The zero-order chi connectivity index (χ0) is 20.6. The fourth-order valence-electron chi connectivity index (χ4n) is 2.77. The largest absolute Gasteiger partial charge is 0.329 e. The number of hydrogen-bond acceptors (Lipinski definition) is 4. The predicted octanol–water partition coefficient (Wildman–Crippen LogP) is 2.22. The molecule has 1 saturated heterocycles. The van der Waals surface area contributed by atoms with Gasteiger partial charge in [-0.25, -0.2) is 26.0 Å². The van der Waals surface area contributed by atoms with Crippen LogP contribution in [0.25, 0.3) is 0 Å². The molecule has 1 amide bonds. The number of nitrogens with zero attached hydrogens (tertiary/aromatic N) is 1. The summed E-state index contributed by atoms with van der Waals surface area (Å²) in [6.45, 7) is 0.247. The van der Waals surface area contributed by atoms with E-state index in [1.54, 1.807) is 0 Å². The number of hydrogen-bond donors (Lipinski definition) is 2. The van der Waals surface area contributed by atoms with Crippen molar-refractivity contribution in [2.75, 3.05) is 18.4 Å². The lowest BCUT2D eigenvalue weighted by molar-refractivity contribution is 0.102. The number of anilines is 1. The fourth-order valence-corrected chi connectivity index (χ4v) is 4.54. The van der Waals surface area contributed by atoms with Crippen molar-refractivity contribution in [1.82, 2.24) is 4.31 Å². The Hall–Kier alpha value is -2.50. The molecule has 150 valence electrons. The van der Waals surface area contributed by atoms with Gasteiger partial charge in [0.05, 0.1) is 0 Å². The van der Waals surface area contributed by atoms with Crippen LogP contribution in [-0.2, 0) is 10.0 Å². The Labute approximate surface area is 158 Å². The van der Waals surface area contributed by atoms with Crippen LogP contribution in [0.4, 0.5) is 23.2 Å². The topological polar surface area (TPSA) is 92.5 Å². The van der Waals surface area contributed by atoms with Gasteiger partial charge in [-0.05, 0) is 24.6 Å². The molecule has 1 atom stereocenters. The molecule has 1 unspecified atom stereocenters. The molecule has 0 spiro atoms. The van der Waals surface area contributed by atoms with Crippen molar-refractivity contribution in [2.45, 2.75) is 17.4 Å². The third-order valence-corrected chi connectivity index (χ3v) is 6.35. The lowest BCUT2D eigenvalue weighted by Crippen LogP contribution is -2.54. The van der Waals surface area contributed by atoms with Gasteiger partial charge >= 0.3 is 0 Å². The first-order valence-corrected chi connectivity index (χ1v) is 9.56. The molecule has 0 radical (unpaired) electrons. The number of rotatable bonds is 5. The minimum Gasteiger partial charge on any atom is -0.329 e. The average molecular weight is 417 g/mol. The zero-order valence-corrected chi connectivity index (χ0v) is 15.1. The summed E-state index contributed by atoms with van der Waals surface area (Å²) in [5.41, 5.74) is 4.83. The van der Waals surface area contributed by atoms with Crippen molar-refractivity contribution < 1.29 is 30.8 Å². The first-order chi connectivity index (χ1) is 13.1. The van der Waals surface area contributed by atoms with Gasteiger partial charge in [0.2, 0.25) is 10.0 Å². The summed E-state index contributed by atoms with van der Waals surface area (Å²) in [7, 11) is -4.21. The number of sulfonamides is 1. The van der Waals surface area contributed by atoms with E-state index in [2.05, 4.69) is 5.32 Å².